The monoisotopic (exact) mass is 255 g/mol. The quantitative estimate of drug-likeness (QED) is 0.913. The summed E-state index contributed by atoms with van der Waals surface area (Å²) in [5.41, 5.74) is 5.29. The van der Waals surface area contributed by atoms with Gasteiger partial charge in [-0.05, 0) is 24.3 Å². The summed E-state index contributed by atoms with van der Waals surface area (Å²) < 4.78 is 38.1. The molecule has 94 valence electrons. The van der Waals surface area contributed by atoms with Gasteiger partial charge in [0.2, 0.25) is 0 Å². The Morgan fingerprint density at radius 2 is 1.89 bits per heavy atom. The van der Waals surface area contributed by atoms with Gasteiger partial charge in [-0.2, -0.15) is 13.9 Å². The van der Waals surface area contributed by atoms with Crippen LogP contribution in [0.2, 0.25) is 0 Å². The Kier molecular flexibility index (Phi) is 3.05. The lowest BCUT2D eigenvalue weighted by molar-refractivity contribution is 0.0567. The molecule has 7 heteroatoms. The first-order valence-electron chi connectivity index (χ1n) is 4.92. The van der Waals surface area contributed by atoms with Gasteiger partial charge in [-0.1, -0.05) is 0 Å². The molecule has 2 rings (SSSR count). The zero-order chi connectivity index (χ0) is 13.3. The molecule has 0 atom stereocenters. The van der Waals surface area contributed by atoms with Crippen molar-refractivity contribution in [1.29, 1.82) is 0 Å². The number of hydrogen-bond acceptors (Lipinski definition) is 2. The Morgan fingerprint density at radius 1 is 1.28 bits per heavy atom. The van der Waals surface area contributed by atoms with E-state index in [9.17, 15) is 18.0 Å². The first kappa shape index (κ1) is 12.2. The average molecular weight is 255 g/mol. The number of hydrogen-bond donors (Lipinski definition) is 1. The molecule has 0 aliphatic rings. The topological polar surface area (TPSA) is 60.9 Å². The zero-order valence-electron chi connectivity index (χ0n) is 8.98. The van der Waals surface area contributed by atoms with E-state index < -0.39 is 18.3 Å². The van der Waals surface area contributed by atoms with Gasteiger partial charge in [0.25, 0.3) is 5.91 Å². The van der Waals surface area contributed by atoms with Crippen LogP contribution in [-0.4, -0.2) is 15.7 Å². The number of halogens is 3. The fourth-order valence-electron chi connectivity index (χ4n) is 1.49. The predicted molar refractivity (Wildman–Crippen MR) is 57.4 cm³/mol. The lowest BCUT2D eigenvalue weighted by Crippen LogP contribution is -2.11. The number of nitrogens with zero attached hydrogens (tertiary/aromatic N) is 2. The third-order valence-electron chi connectivity index (χ3n) is 2.32. The van der Waals surface area contributed by atoms with Crippen molar-refractivity contribution in [2.24, 2.45) is 5.73 Å². The highest BCUT2D eigenvalue weighted by Gasteiger charge is 2.18. The van der Waals surface area contributed by atoms with Crippen molar-refractivity contribution >= 4 is 5.91 Å². The second-order valence-corrected chi connectivity index (χ2v) is 3.52. The summed E-state index contributed by atoms with van der Waals surface area (Å²) in [7, 11) is 0. The summed E-state index contributed by atoms with van der Waals surface area (Å²) in [5, 5.41) is 3.57. The first-order chi connectivity index (χ1) is 8.49. The van der Waals surface area contributed by atoms with E-state index >= 15 is 0 Å². The number of nitrogens with two attached hydrogens (primary N) is 1. The molecule has 0 bridgehead atoms. The van der Waals surface area contributed by atoms with Crippen LogP contribution in [0.15, 0.2) is 30.5 Å². The fraction of sp³-hybridized carbons (Fsp3) is 0.0909. The van der Waals surface area contributed by atoms with Crippen molar-refractivity contribution in [1.82, 2.24) is 9.78 Å². The molecule has 4 nitrogen and oxygen atoms in total. The summed E-state index contributed by atoms with van der Waals surface area (Å²) in [6.45, 7) is -2.88. The lowest BCUT2D eigenvalue weighted by Gasteiger charge is -1.99. The molecule has 2 aromatic rings. The van der Waals surface area contributed by atoms with Gasteiger partial charge in [0.1, 0.15) is 11.5 Å². The summed E-state index contributed by atoms with van der Waals surface area (Å²) >= 11 is 0. The largest absolute Gasteiger partial charge is 0.365 e. The molecule has 18 heavy (non-hydrogen) atoms. The van der Waals surface area contributed by atoms with Gasteiger partial charge in [0.05, 0.1) is 5.56 Å². The van der Waals surface area contributed by atoms with Crippen molar-refractivity contribution in [3.8, 4) is 11.3 Å². The van der Waals surface area contributed by atoms with E-state index in [1.165, 1.54) is 12.1 Å². The Morgan fingerprint density at radius 3 is 2.39 bits per heavy atom. The van der Waals surface area contributed by atoms with Crippen LogP contribution in [-0.2, 0) is 0 Å². The molecule has 0 spiro atoms. The molecule has 1 aromatic heterocycles. The minimum Gasteiger partial charge on any atom is -0.365 e. The van der Waals surface area contributed by atoms with Gasteiger partial charge in [0.15, 0.2) is 0 Å². The molecular weight excluding hydrogens is 247 g/mol. The number of rotatable bonds is 3. The second kappa shape index (κ2) is 4.52. The molecule has 0 aliphatic heterocycles. The standard InChI is InChI=1S/C11H8F3N3O/c12-7-3-1-6(2-4-7)9-8(10(15)18)5-17(16-9)11(13)14/h1-5,11H,(H2,15,18). The predicted octanol–water partition coefficient (Wildman–Crippen LogP) is 2.18. The highest BCUT2D eigenvalue weighted by atomic mass is 19.3. The van der Waals surface area contributed by atoms with Gasteiger partial charge in [0, 0.05) is 11.8 Å². The van der Waals surface area contributed by atoms with Gasteiger partial charge >= 0.3 is 6.55 Å². The molecule has 0 fully saturated rings. The molecule has 1 heterocycles. The summed E-state index contributed by atoms with van der Waals surface area (Å²) in [5.74, 6) is -1.35. The zero-order valence-corrected chi connectivity index (χ0v) is 8.98. The number of aromatic nitrogens is 2. The van der Waals surface area contributed by atoms with Crippen LogP contribution in [0.25, 0.3) is 11.3 Å². The van der Waals surface area contributed by atoms with Crippen molar-refractivity contribution in [3.05, 3.63) is 41.8 Å². The molecule has 0 unspecified atom stereocenters. The molecule has 2 N–H and O–H groups in total. The molecule has 1 amide bonds. The number of amides is 1. The van der Waals surface area contributed by atoms with Crippen molar-refractivity contribution in [2.75, 3.05) is 0 Å². The number of benzene rings is 1. The highest BCUT2D eigenvalue weighted by molar-refractivity contribution is 5.98. The Labute approximate surface area is 99.8 Å². The number of primary amides is 1. The molecule has 0 radical (unpaired) electrons. The van der Waals surface area contributed by atoms with E-state index in [1.54, 1.807) is 0 Å². The van der Waals surface area contributed by atoms with Gasteiger partial charge < -0.3 is 5.73 Å². The fourth-order valence-corrected chi connectivity index (χ4v) is 1.49. The van der Waals surface area contributed by atoms with E-state index in [0.29, 0.717) is 10.2 Å². The van der Waals surface area contributed by atoms with Crippen LogP contribution in [0.1, 0.15) is 16.9 Å². The maximum absolute atomic E-state index is 12.8. The molecule has 0 aliphatic carbocycles. The Balaban J connectivity index is 2.55. The van der Waals surface area contributed by atoms with E-state index in [-0.39, 0.29) is 11.3 Å². The van der Waals surface area contributed by atoms with E-state index in [2.05, 4.69) is 5.10 Å². The van der Waals surface area contributed by atoms with E-state index in [4.69, 9.17) is 5.73 Å². The minimum atomic E-state index is -2.88. The maximum Gasteiger partial charge on any atom is 0.333 e. The smallest absolute Gasteiger partial charge is 0.333 e. The van der Waals surface area contributed by atoms with Crippen LogP contribution in [0.5, 0.6) is 0 Å². The van der Waals surface area contributed by atoms with Crippen molar-refractivity contribution in [2.45, 2.75) is 6.55 Å². The third kappa shape index (κ3) is 2.20. The lowest BCUT2D eigenvalue weighted by atomic mass is 10.1. The number of carbonyl (C=O) groups excluding carboxylic acids is 1. The van der Waals surface area contributed by atoms with Crippen LogP contribution < -0.4 is 5.73 Å². The first-order valence-corrected chi connectivity index (χ1v) is 4.92. The van der Waals surface area contributed by atoms with Gasteiger partial charge in [-0.15, -0.1) is 0 Å². The summed E-state index contributed by atoms with van der Waals surface area (Å²) in [6, 6.07) is 4.95. The van der Waals surface area contributed by atoms with E-state index in [1.807, 2.05) is 0 Å². The third-order valence-corrected chi connectivity index (χ3v) is 2.32. The van der Waals surface area contributed by atoms with Gasteiger partial charge in [-0.25, -0.2) is 9.07 Å². The van der Waals surface area contributed by atoms with Crippen molar-refractivity contribution < 1.29 is 18.0 Å². The molecule has 0 saturated heterocycles. The van der Waals surface area contributed by atoms with Crippen molar-refractivity contribution in [3.63, 3.8) is 0 Å². The maximum atomic E-state index is 12.8. The molecular formula is C11H8F3N3O. The molecule has 1 aromatic carbocycles. The van der Waals surface area contributed by atoms with Crippen LogP contribution in [0.3, 0.4) is 0 Å². The summed E-state index contributed by atoms with van der Waals surface area (Å²) in [4.78, 5) is 11.1. The molecule has 0 saturated carbocycles. The Bertz CT molecular complexity index is 578. The summed E-state index contributed by atoms with van der Waals surface area (Å²) in [6.07, 6.45) is 0.867. The number of carbonyl (C=O) groups is 1. The van der Waals surface area contributed by atoms with E-state index in [0.717, 1.165) is 18.3 Å². The van der Waals surface area contributed by atoms with Gasteiger partial charge in [-0.3, -0.25) is 4.79 Å². The second-order valence-electron chi connectivity index (χ2n) is 3.52. The Hall–Kier alpha value is -2.31. The average Bonchev–Trinajstić information content (AvgIpc) is 2.75. The minimum absolute atomic E-state index is 0.00259. The SMILES string of the molecule is NC(=O)c1cn(C(F)F)nc1-c1ccc(F)cc1. The van der Waals surface area contributed by atoms with Crippen LogP contribution in [0.4, 0.5) is 13.2 Å². The van der Waals surface area contributed by atoms with Crippen LogP contribution in [0, 0.1) is 5.82 Å². The highest BCUT2D eigenvalue weighted by Crippen LogP contribution is 2.24. The normalized spacial score (nSPS) is 10.9. The number of alkyl halides is 2. The van der Waals surface area contributed by atoms with Crippen LogP contribution >= 0.6 is 0 Å².